The molecule has 0 radical (unpaired) electrons. The zero-order valence-electron chi connectivity index (χ0n) is 11.3. The van der Waals surface area contributed by atoms with Gasteiger partial charge in [-0.25, -0.2) is 13.6 Å². The van der Waals surface area contributed by atoms with Gasteiger partial charge in [-0.05, 0) is 19.1 Å². The number of rotatable bonds is 8. The maximum absolute atomic E-state index is 13.0. The van der Waals surface area contributed by atoms with Crippen molar-refractivity contribution < 1.29 is 33.0 Å². The molecule has 0 aliphatic rings. The van der Waals surface area contributed by atoms with Crippen LogP contribution in [-0.4, -0.2) is 42.8 Å². The zero-order chi connectivity index (χ0) is 15.8. The smallest absolute Gasteiger partial charge is 0.329 e. The molecule has 1 rings (SSSR count). The van der Waals surface area contributed by atoms with E-state index in [1.807, 2.05) is 0 Å². The monoisotopic (exact) mass is 303 g/mol. The second-order valence-electron chi connectivity index (χ2n) is 4.07. The summed E-state index contributed by atoms with van der Waals surface area (Å²) in [7, 11) is 0. The second-order valence-corrected chi connectivity index (χ2v) is 4.07. The molecule has 0 saturated carbocycles. The van der Waals surface area contributed by atoms with Crippen molar-refractivity contribution in [1.82, 2.24) is 5.32 Å². The third-order valence-corrected chi connectivity index (χ3v) is 2.34. The van der Waals surface area contributed by atoms with E-state index in [9.17, 15) is 18.4 Å². The van der Waals surface area contributed by atoms with Crippen LogP contribution in [0, 0.1) is 11.6 Å². The van der Waals surface area contributed by atoms with Crippen LogP contribution < -0.4 is 10.1 Å². The van der Waals surface area contributed by atoms with Crippen LogP contribution in [0.2, 0.25) is 0 Å². The van der Waals surface area contributed by atoms with E-state index in [1.165, 1.54) is 13.0 Å². The highest BCUT2D eigenvalue weighted by atomic mass is 19.2. The SMILES string of the molecule is CC(Oc1ccc(F)c(F)c1)C(=O)NCCOCC(=O)O. The average Bonchev–Trinajstić information content (AvgIpc) is 2.42. The van der Waals surface area contributed by atoms with Gasteiger partial charge in [0.05, 0.1) is 6.61 Å². The van der Waals surface area contributed by atoms with Crippen LogP contribution in [0.15, 0.2) is 18.2 Å². The molecule has 8 heteroatoms. The Kier molecular flexibility index (Phi) is 6.54. The van der Waals surface area contributed by atoms with Crippen LogP contribution in [0.1, 0.15) is 6.92 Å². The molecule has 116 valence electrons. The predicted molar refractivity (Wildman–Crippen MR) is 67.9 cm³/mol. The molecule has 0 fully saturated rings. The first-order chi connectivity index (χ1) is 9.90. The molecule has 0 saturated heterocycles. The minimum Gasteiger partial charge on any atom is -0.481 e. The van der Waals surface area contributed by atoms with E-state index in [-0.39, 0.29) is 18.9 Å². The average molecular weight is 303 g/mol. The van der Waals surface area contributed by atoms with Crippen LogP contribution >= 0.6 is 0 Å². The van der Waals surface area contributed by atoms with E-state index in [0.29, 0.717) is 0 Å². The number of amides is 1. The van der Waals surface area contributed by atoms with E-state index in [2.05, 4.69) is 5.32 Å². The lowest BCUT2D eigenvalue weighted by Crippen LogP contribution is -2.38. The van der Waals surface area contributed by atoms with Crippen molar-refractivity contribution in [2.45, 2.75) is 13.0 Å². The van der Waals surface area contributed by atoms with Gasteiger partial charge in [0.2, 0.25) is 0 Å². The van der Waals surface area contributed by atoms with Gasteiger partial charge in [-0.2, -0.15) is 0 Å². The summed E-state index contributed by atoms with van der Waals surface area (Å²) in [5, 5.41) is 10.8. The van der Waals surface area contributed by atoms with Gasteiger partial charge < -0.3 is 19.9 Å². The largest absolute Gasteiger partial charge is 0.481 e. The third-order valence-electron chi connectivity index (χ3n) is 2.34. The Balaban J connectivity index is 2.33. The van der Waals surface area contributed by atoms with Gasteiger partial charge in [0.1, 0.15) is 12.4 Å². The molecule has 1 unspecified atom stereocenters. The molecule has 2 N–H and O–H groups in total. The minimum atomic E-state index is -1.10. The quantitative estimate of drug-likeness (QED) is 0.698. The number of carboxylic acid groups (broad SMARTS) is 1. The summed E-state index contributed by atoms with van der Waals surface area (Å²) in [6, 6.07) is 2.95. The van der Waals surface area contributed by atoms with Gasteiger partial charge in [-0.3, -0.25) is 4.79 Å². The van der Waals surface area contributed by atoms with E-state index >= 15 is 0 Å². The Bertz CT molecular complexity index is 509. The van der Waals surface area contributed by atoms with Crippen LogP contribution in [0.25, 0.3) is 0 Å². The first-order valence-electron chi connectivity index (χ1n) is 6.09. The van der Waals surface area contributed by atoms with Crippen LogP contribution in [-0.2, 0) is 14.3 Å². The molecule has 0 aliphatic heterocycles. The van der Waals surface area contributed by atoms with Gasteiger partial charge in [-0.1, -0.05) is 0 Å². The van der Waals surface area contributed by atoms with Crippen molar-refractivity contribution in [3.05, 3.63) is 29.8 Å². The molecule has 1 atom stereocenters. The maximum atomic E-state index is 13.0. The highest BCUT2D eigenvalue weighted by molar-refractivity contribution is 5.80. The van der Waals surface area contributed by atoms with Crippen molar-refractivity contribution >= 4 is 11.9 Å². The van der Waals surface area contributed by atoms with Crippen molar-refractivity contribution in [1.29, 1.82) is 0 Å². The van der Waals surface area contributed by atoms with E-state index in [0.717, 1.165) is 12.1 Å². The van der Waals surface area contributed by atoms with Gasteiger partial charge >= 0.3 is 5.97 Å². The zero-order valence-corrected chi connectivity index (χ0v) is 11.3. The highest BCUT2D eigenvalue weighted by Crippen LogP contribution is 2.16. The standard InChI is InChI=1S/C13H15F2NO5/c1-8(13(19)16-4-5-20-7-12(17)18)21-9-2-3-10(14)11(15)6-9/h2-3,6,8H,4-5,7H2,1H3,(H,16,19)(H,17,18). The van der Waals surface area contributed by atoms with Gasteiger partial charge in [0.15, 0.2) is 17.7 Å². The molecule has 0 spiro atoms. The summed E-state index contributed by atoms with van der Waals surface area (Å²) < 4.78 is 35.6. The maximum Gasteiger partial charge on any atom is 0.329 e. The first-order valence-corrected chi connectivity index (χ1v) is 6.09. The first kappa shape index (κ1) is 16.8. The Morgan fingerprint density at radius 1 is 1.33 bits per heavy atom. The highest BCUT2D eigenvalue weighted by Gasteiger charge is 2.15. The lowest BCUT2D eigenvalue weighted by atomic mass is 10.3. The lowest BCUT2D eigenvalue weighted by Gasteiger charge is -2.14. The van der Waals surface area contributed by atoms with Crippen LogP contribution in [0.5, 0.6) is 5.75 Å². The van der Waals surface area contributed by atoms with E-state index in [1.54, 1.807) is 0 Å². The van der Waals surface area contributed by atoms with Crippen molar-refractivity contribution in [3.63, 3.8) is 0 Å². The molecule has 6 nitrogen and oxygen atoms in total. The molecular formula is C13H15F2NO5. The molecular weight excluding hydrogens is 288 g/mol. The predicted octanol–water partition coefficient (Wildman–Crippen LogP) is 0.949. The summed E-state index contributed by atoms with van der Waals surface area (Å²) in [4.78, 5) is 21.8. The number of carbonyl (C=O) groups excluding carboxylic acids is 1. The summed E-state index contributed by atoms with van der Waals surface area (Å²) in [5.41, 5.74) is 0. The van der Waals surface area contributed by atoms with Crippen molar-refractivity contribution in [3.8, 4) is 5.75 Å². The fraction of sp³-hybridized carbons (Fsp3) is 0.385. The fourth-order valence-corrected chi connectivity index (χ4v) is 1.36. The van der Waals surface area contributed by atoms with E-state index < -0.39 is 36.2 Å². The van der Waals surface area contributed by atoms with Gasteiger partial charge in [0.25, 0.3) is 5.91 Å². The topological polar surface area (TPSA) is 84.9 Å². The fourth-order valence-electron chi connectivity index (χ4n) is 1.36. The third kappa shape index (κ3) is 6.17. The second kappa shape index (κ2) is 8.15. The van der Waals surface area contributed by atoms with Crippen LogP contribution in [0.4, 0.5) is 8.78 Å². The number of benzene rings is 1. The number of hydrogen-bond acceptors (Lipinski definition) is 4. The lowest BCUT2D eigenvalue weighted by molar-refractivity contribution is -0.142. The molecule has 1 amide bonds. The van der Waals surface area contributed by atoms with Crippen molar-refractivity contribution in [2.24, 2.45) is 0 Å². The Hall–Kier alpha value is -2.22. The molecule has 21 heavy (non-hydrogen) atoms. The number of ether oxygens (including phenoxy) is 2. The summed E-state index contributed by atoms with van der Waals surface area (Å²) in [5.74, 6) is -3.63. The number of nitrogens with one attached hydrogen (secondary N) is 1. The number of carbonyl (C=O) groups is 2. The number of halogens is 2. The van der Waals surface area contributed by atoms with Gasteiger partial charge in [0, 0.05) is 12.6 Å². The molecule has 0 aliphatic carbocycles. The Morgan fingerprint density at radius 2 is 2.05 bits per heavy atom. The summed E-state index contributed by atoms with van der Waals surface area (Å²) in [6.45, 7) is 1.14. The molecule has 0 bridgehead atoms. The number of carboxylic acids is 1. The number of aliphatic carboxylic acids is 1. The van der Waals surface area contributed by atoms with Crippen LogP contribution in [0.3, 0.4) is 0 Å². The van der Waals surface area contributed by atoms with E-state index in [4.69, 9.17) is 14.6 Å². The normalized spacial score (nSPS) is 11.8. The molecule has 1 aromatic carbocycles. The number of hydrogen-bond donors (Lipinski definition) is 2. The van der Waals surface area contributed by atoms with Crippen molar-refractivity contribution in [2.75, 3.05) is 19.8 Å². The molecule has 1 aromatic rings. The van der Waals surface area contributed by atoms with Gasteiger partial charge in [-0.15, -0.1) is 0 Å². The Labute approximate surface area is 119 Å². The molecule has 0 heterocycles. The summed E-state index contributed by atoms with van der Waals surface area (Å²) >= 11 is 0. The Morgan fingerprint density at radius 3 is 2.67 bits per heavy atom. The minimum absolute atomic E-state index is 0.0266. The molecule has 0 aromatic heterocycles. The summed E-state index contributed by atoms with van der Waals surface area (Å²) in [6.07, 6.45) is -0.922.